The number of carbonyl (C=O) groups excluding carboxylic acids is 1. The standard InChI is InChI=1S/C18H19N5O3/c1-3-4-9-26-12(2)17(24)22-13-5-7-14(8-6-13)23-16-15(10-21-23)18(25)20-11-19-16/h3,5-8,10-12H,1,4,9H2,2H3,(H,22,24)(H,19,20,25). The lowest BCUT2D eigenvalue weighted by Gasteiger charge is -2.13. The van der Waals surface area contributed by atoms with Crippen LogP contribution in [0.3, 0.4) is 0 Å². The Morgan fingerprint density at radius 3 is 2.92 bits per heavy atom. The lowest BCUT2D eigenvalue weighted by Crippen LogP contribution is -2.28. The SMILES string of the molecule is C=CCCOC(C)C(=O)Nc1ccc(-n2ncc3c(=O)[nH]cnc32)cc1. The minimum absolute atomic E-state index is 0.223. The van der Waals surface area contributed by atoms with Crippen LogP contribution < -0.4 is 10.9 Å². The van der Waals surface area contributed by atoms with Gasteiger partial charge in [0.2, 0.25) is 0 Å². The van der Waals surface area contributed by atoms with E-state index in [1.165, 1.54) is 12.5 Å². The summed E-state index contributed by atoms with van der Waals surface area (Å²) in [7, 11) is 0. The average molecular weight is 353 g/mol. The molecule has 1 atom stereocenters. The first-order valence-corrected chi connectivity index (χ1v) is 8.15. The maximum Gasteiger partial charge on any atom is 0.261 e. The Balaban J connectivity index is 1.72. The molecule has 0 aliphatic rings. The fourth-order valence-electron chi connectivity index (χ4n) is 2.38. The van der Waals surface area contributed by atoms with E-state index >= 15 is 0 Å². The molecule has 0 aliphatic carbocycles. The molecule has 134 valence electrons. The zero-order valence-corrected chi connectivity index (χ0v) is 14.3. The highest BCUT2D eigenvalue weighted by molar-refractivity contribution is 5.94. The van der Waals surface area contributed by atoms with Crippen molar-refractivity contribution in [1.29, 1.82) is 0 Å². The van der Waals surface area contributed by atoms with Gasteiger partial charge in [0.15, 0.2) is 5.65 Å². The van der Waals surface area contributed by atoms with E-state index in [-0.39, 0.29) is 11.5 Å². The zero-order valence-electron chi connectivity index (χ0n) is 14.3. The van der Waals surface area contributed by atoms with E-state index in [1.54, 1.807) is 41.9 Å². The molecule has 3 rings (SSSR count). The molecule has 0 radical (unpaired) electrons. The smallest absolute Gasteiger partial charge is 0.261 e. The molecule has 0 saturated carbocycles. The first kappa shape index (κ1) is 17.6. The fourth-order valence-corrected chi connectivity index (χ4v) is 2.38. The summed E-state index contributed by atoms with van der Waals surface area (Å²) < 4.78 is 6.99. The van der Waals surface area contributed by atoms with E-state index < -0.39 is 6.10 Å². The number of hydrogen-bond acceptors (Lipinski definition) is 5. The van der Waals surface area contributed by atoms with Crippen LogP contribution in [0.25, 0.3) is 16.7 Å². The van der Waals surface area contributed by atoms with Crippen LogP contribution in [0.1, 0.15) is 13.3 Å². The highest BCUT2D eigenvalue weighted by Gasteiger charge is 2.13. The molecule has 0 saturated heterocycles. The summed E-state index contributed by atoms with van der Waals surface area (Å²) in [6.45, 7) is 5.77. The summed E-state index contributed by atoms with van der Waals surface area (Å²) in [5.41, 5.74) is 1.59. The van der Waals surface area contributed by atoms with Crippen LogP contribution in [0.2, 0.25) is 0 Å². The maximum atomic E-state index is 12.1. The molecule has 1 unspecified atom stereocenters. The van der Waals surface area contributed by atoms with Gasteiger partial charge in [-0.05, 0) is 37.6 Å². The maximum absolute atomic E-state index is 12.1. The second-order valence-corrected chi connectivity index (χ2v) is 5.65. The molecular formula is C18H19N5O3. The Kier molecular flexibility index (Phi) is 5.23. The lowest BCUT2D eigenvalue weighted by atomic mass is 10.2. The number of carbonyl (C=O) groups is 1. The number of fused-ring (bicyclic) bond motifs is 1. The molecular weight excluding hydrogens is 334 g/mol. The molecule has 2 aromatic heterocycles. The highest BCUT2D eigenvalue weighted by Crippen LogP contribution is 2.16. The predicted octanol–water partition coefficient (Wildman–Crippen LogP) is 2.03. The Bertz CT molecular complexity index is 974. The van der Waals surface area contributed by atoms with Crippen LogP contribution in [0, 0.1) is 0 Å². The van der Waals surface area contributed by atoms with Crippen molar-refractivity contribution in [1.82, 2.24) is 19.7 Å². The van der Waals surface area contributed by atoms with Crippen molar-refractivity contribution in [3.05, 3.63) is 59.8 Å². The summed E-state index contributed by atoms with van der Waals surface area (Å²) in [4.78, 5) is 30.5. The van der Waals surface area contributed by atoms with Crippen LogP contribution in [0.4, 0.5) is 5.69 Å². The van der Waals surface area contributed by atoms with Crippen LogP contribution in [-0.4, -0.2) is 38.4 Å². The molecule has 26 heavy (non-hydrogen) atoms. The number of aromatic nitrogens is 4. The van der Waals surface area contributed by atoms with E-state index in [0.29, 0.717) is 29.7 Å². The highest BCUT2D eigenvalue weighted by atomic mass is 16.5. The number of H-pyrrole nitrogens is 1. The van der Waals surface area contributed by atoms with Crippen LogP contribution in [-0.2, 0) is 9.53 Å². The van der Waals surface area contributed by atoms with Gasteiger partial charge in [-0.2, -0.15) is 5.10 Å². The molecule has 1 amide bonds. The van der Waals surface area contributed by atoms with Gasteiger partial charge in [0.05, 0.1) is 24.8 Å². The zero-order chi connectivity index (χ0) is 18.5. The minimum atomic E-state index is -0.555. The Morgan fingerprint density at radius 2 is 2.19 bits per heavy atom. The summed E-state index contributed by atoms with van der Waals surface area (Å²) >= 11 is 0. The largest absolute Gasteiger partial charge is 0.368 e. The molecule has 8 heteroatoms. The number of aromatic amines is 1. The van der Waals surface area contributed by atoms with E-state index in [9.17, 15) is 9.59 Å². The Labute approximate surface area is 149 Å². The van der Waals surface area contributed by atoms with Gasteiger partial charge < -0.3 is 15.0 Å². The number of nitrogens with one attached hydrogen (secondary N) is 2. The summed E-state index contributed by atoms with van der Waals surface area (Å²) in [6.07, 6.45) is 4.69. The number of nitrogens with zero attached hydrogens (tertiary/aromatic N) is 3. The fraction of sp³-hybridized carbons (Fsp3) is 0.222. The van der Waals surface area contributed by atoms with Gasteiger partial charge in [-0.1, -0.05) is 6.08 Å². The van der Waals surface area contributed by atoms with E-state index in [0.717, 1.165) is 5.69 Å². The second-order valence-electron chi connectivity index (χ2n) is 5.65. The third-order valence-corrected chi connectivity index (χ3v) is 3.81. The molecule has 0 fully saturated rings. The summed E-state index contributed by atoms with van der Waals surface area (Å²) in [5, 5.41) is 7.42. The van der Waals surface area contributed by atoms with Gasteiger partial charge in [-0.25, -0.2) is 9.67 Å². The number of ether oxygens (including phenoxy) is 1. The topological polar surface area (TPSA) is 102 Å². The lowest BCUT2D eigenvalue weighted by molar-refractivity contribution is -0.126. The van der Waals surface area contributed by atoms with Crippen molar-refractivity contribution in [3.63, 3.8) is 0 Å². The van der Waals surface area contributed by atoms with Gasteiger partial charge in [0, 0.05) is 5.69 Å². The van der Waals surface area contributed by atoms with Crippen molar-refractivity contribution < 1.29 is 9.53 Å². The van der Waals surface area contributed by atoms with Gasteiger partial charge in [-0.15, -0.1) is 6.58 Å². The Morgan fingerprint density at radius 1 is 1.42 bits per heavy atom. The number of anilines is 1. The van der Waals surface area contributed by atoms with Gasteiger partial charge in [-0.3, -0.25) is 9.59 Å². The summed E-state index contributed by atoms with van der Waals surface area (Å²) in [6, 6.07) is 7.08. The van der Waals surface area contributed by atoms with Gasteiger partial charge in [0.25, 0.3) is 11.5 Å². The first-order chi connectivity index (χ1) is 12.6. The van der Waals surface area contributed by atoms with Crippen LogP contribution in [0.15, 0.2) is 54.2 Å². The molecule has 0 aliphatic heterocycles. The van der Waals surface area contributed by atoms with Crippen molar-refractivity contribution in [2.45, 2.75) is 19.4 Å². The first-order valence-electron chi connectivity index (χ1n) is 8.15. The molecule has 2 heterocycles. The van der Waals surface area contributed by atoms with Gasteiger partial charge >= 0.3 is 0 Å². The number of amides is 1. The molecule has 0 spiro atoms. The third kappa shape index (κ3) is 3.70. The van der Waals surface area contributed by atoms with Crippen LogP contribution in [0.5, 0.6) is 0 Å². The number of hydrogen-bond donors (Lipinski definition) is 2. The van der Waals surface area contributed by atoms with E-state index in [1.807, 2.05) is 0 Å². The van der Waals surface area contributed by atoms with Crippen molar-refractivity contribution >= 4 is 22.6 Å². The Hall–Kier alpha value is -3.26. The molecule has 1 aromatic carbocycles. The minimum Gasteiger partial charge on any atom is -0.368 e. The quantitative estimate of drug-likeness (QED) is 0.500. The summed E-state index contributed by atoms with van der Waals surface area (Å²) in [5.74, 6) is -0.223. The van der Waals surface area contributed by atoms with E-state index in [4.69, 9.17) is 4.74 Å². The van der Waals surface area contributed by atoms with E-state index in [2.05, 4.69) is 27.0 Å². The molecule has 2 N–H and O–H groups in total. The van der Waals surface area contributed by atoms with Gasteiger partial charge in [0.1, 0.15) is 11.5 Å². The van der Waals surface area contributed by atoms with Crippen molar-refractivity contribution in [2.24, 2.45) is 0 Å². The number of rotatable bonds is 7. The number of benzene rings is 1. The predicted molar refractivity (Wildman–Crippen MR) is 98.3 cm³/mol. The molecule has 0 bridgehead atoms. The average Bonchev–Trinajstić information content (AvgIpc) is 3.08. The van der Waals surface area contributed by atoms with Crippen LogP contribution >= 0.6 is 0 Å². The monoisotopic (exact) mass is 353 g/mol. The second kappa shape index (κ2) is 7.75. The van der Waals surface area contributed by atoms with Crippen molar-refractivity contribution in [3.8, 4) is 5.69 Å². The third-order valence-electron chi connectivity index (χ3n) is 3.81. The molecule has 3 aromatic rings. The molecule has 8 nitrogen and oxygen atoms in total. The normalized spacial score (nSPS) is 12.0. The van der Waals surface area contributed by atoms with Crippen molar-refractivity contribution in [2.75, 3.05) is 11.9 Å².